The zero-order valence-electron chi connectivity index (χ0n) is 14.0. The van der Waals surface area contributed by atoms with Gasteiger partial charge in [-0.1, -0.05) is 6.92 Å². The van der Waals surface area contributed by atoms with Gasteiger partial charge in [-0.05, 0) is 50.5 Å². The molecule has 1 saturated carbocycles. The summed E-state index contributed by atoms with van der Waals surface area (Å²) in [5.41, 5.74) is 6.20. The molecule has 1 atom stereocenters. The maximum Gasteiger partial charge on any atom is 0.257 e. The summed E-state index contributed by atoms with van der Waals surface area (Å²) in [6, 6.07) is 2.09. The maximum atomic E-state index is 13.0. The van der Waals surface area contributed by atoms with Crippen LogP contribution in [0.4, 0.5) is 0 Å². The minimum Gasteiger partial charge on any atom is -0.467 e. The van der Waals surface area contributed by atoms with E-state index in [1.165, 1.54) is 12.8 Å². The molecule has 1 aromatic heterocycles. The lowest BCUT2D eigenvalue weighted by Gasteiger charge is -2.37. The van der Waals surface area contributed by atoms with E-state index in [1.807, 2.05) is 4.90 Å². The van der Waals surface area contributed by atoms with Crippen molar-refractivity contribution in [3.05, 3.63) is 23.7 Å². The van der Waals surface area contributed by atoms with Crippen LogP contribution in [-0.4, -0.2) is 36.1 Å². The van der Waals surface area contributed by atoms with E-state index in [0.717, 1.165) is 38.2 Å². The predicted octanol–water partition coefficient (Wildman–Crippen LogP) is 2.94. The number of nitrogens with two attached hydrogens (primary N) is 1. The average Bonchev–Trinajstić information content (AvgIpc) is 3.24. The van der Waals surface area contributed by atoms with Crippen LogP contribution in [0.5, 0.6) is 0 Å². The lowest BCUT2D eigenvalue weighted by atomic mass is 9.86. The van der Waals surface area contributed by atoms with Crippen LogP contribution in [0.2, 0.25) is 0 Å². The van der Waals surface area contributed by atoms with Crippen molar-refractivity contribution in [3.8, 4) is 0 Å². The zero-order chi connectivity index (χ0) is 16.2. The Morgan fingerprint density at radius 3 is 2.70 bits per heavy atom. The number of carbonyl (C=O) groups is 1. The number of rotatable bonds is 5. The molecule has 0 aromatic carbocycles. The van der Waals surface area contributed by atoms with E-state index in [-0.39, 0.29) is 12.0 Å². The van der Waals surface area contributed by atoms with Crippen molar-refractivity contribution in [1.29, 1.82) is 0 Å². The van der Waals surface area contributed by atoms with Gasteiger partial charge in [-0.25, -0.2) is 0 Å². The van der Waals surface area contributed by atoms with Gasteiger partial charge in [0.05, 0.1) is 18.2 Å². The number of carbonyl (C=O) groups excluding carboxylic acids is 1. The summed E-state index contributed by atoms with van der Waals surface area (Å²) in [6.07, 6.45) is 8.42. The number of ether oxygens (including phenoxy) is 1. The maximum absolute atomic E-state index is 13.0. The first-order valence-corrected chi connectivity index (χ1v) is 8.87. The van der Waals surface area contributed by atoms with E-state index in [0.29, 0.717) is 30.5 Å². The Kier molecular flexibility index (Phi) is 5.38. The summed E-state index contributed by atoms with van der Waals surface area (Å²) in [4.78, 5) is 15.0. The number of hydrogen-bond acceptors (Lipinski definition) is 4. The molecular formula is C18H28N2O3. The van der Waals surface area contributed by atoms with Gasteiger partial charge in [-0.3, -0.25) is 4.79 Å². The Bertz CT molecular complexity index is 514. The molecule has 3 rings (SSSR count). The third-order valence-corrected chi connectivity index (χ3v) is 5.21. The van der Waals surface area contributed by atoms with Crippen LogP contribution in [-0.2, 0) is 11.3 Å². The second-order valence-corrected chi connectivity index (χ2v) is 7.01. The lowest BCUT2D eigenvalue weighted by molar-refractivity contribution is 0.0341. The molecule has 0 bridgehead atoms. The van der Waals surface area contributed by atoms with E-state index >= 15 is 0 Å². The molecule has 128 valence electrons. The fourth-order valence-corrected chi connectivity index (χ4v) is 3.73. The fourth-order valence-electron chi connectivity index (χ4n) is 3.73. The molecule has 1 unspecified atom stereocenters. The molecule has 1 aromatic rings. The third kappa shape index (κ3) is 3.96. The molecule has 23 heavy (non-hydrogen) atoms. The molecule has 1 aliphatic heterocycles. The second kappa shape index (κ2) is 7.49. The van der Waals surface area contributed by atoms with Gasteiger partial charge >= 0.3 is 0 Å². The number of nitrogens with zero attached hydrogens (tertiary/aromatic N) is 1. The van der Waals surface area contributed by atoms with Gasteiger partial charge in [0.2, 0.25) is 0 Å². The molecule has 5 heteroatoms. The van der Waals surface area contributed by atoms with Crippen LogP contribution in [0.25, 0.3) is 0 Å². The highest BCUT2D eigenvalue weighted by atomic mass is 16.5. The van der Waals surface area contributed by atoms with Crippen molar-refractivity contribution < 1.29 is 13.9 Å². The van der Waals surface area contributed by atoms with Crippen molar-refractivity contribution in [1.82, 2.24) is 4.90 Å². The highest BCUT2D eigenvalue weighted by Crippen LogP contribution is 2.29. The first-order chi connectivity index (χ1) is 11.2. The predicted molar refractivity (Wildman–Crippen MR) is 88.0 cm³/mol. The molecule has 1 saturated heterocycles. The van der Waals surface area contributed by atoms with E-state index in [4.69, 9.17) is 14.9 Å². The highest BCUT2D eigenvalue weighted by molar-refractivity contribution is 5.94. The van der Waals surface area contributed by atoms with Crippen molar-refractivity contribution in [2.45, 2.75) is 64.1 Å². The molecule has 1 amide bonds. The minimum absolute atomic E-state index is 0.0588. The van der Waals surface area contributed by atoms with E-state index in [1.54, 1.807) is 12.3 Å². The van der Waals surface area contributed by atoms with E-state index < -0.39 is 0 Å². The quantitative estimate of drug-likeness (QED) is 0.905. The zero-order valence-corrected chi connectivity index (χ0v) is 14.0. The molecule has 0 spiro atoms. The van der Waals surface area contributed by atoms with Crippen LogP contribution in [0.3, 0.4) is 0 Å². The highest BCUT2D eigenvalue weighted by Gasteiger charge is 2.31. The summed E-state index contributed by atoms with van der Waals surface area (Å²) in [6.45, 7) is 4.13. The smallest absolute Gasteiger partial charge is 0.257 e. The van der Waals surface area contributed by atoms with Crippen molar-refractivity contribution in [2.24, 2.45) is 11.7 Å². The van der Waals surface area contributed by atoms with Crippen LogP contribution in [0.1, 0.15) is 61.6 Å². The van der Waals surface area contributed by atoms with Gasteiger partial charge < -0.3 is 19.8 Å². The Balaban J connectivity index is 1.74. The molecule has 2 aliphatic rings. The lowest BCUT2D eigenvalue weighted by Crippen LogP contribution is -2.45. The molecule has 2 heterocycles. The van der Waals surface area contributed by atoms with E-state index in [2.05, 4.69) is 6.92 Å². The van der Waals surface area contributed by atoms with Crippen molar-refractivity contribution in [3.63, 3.8) is 0 Å². The standard InChI is InChI=1S/C18H28N2O3/c1-13-4-6-15(7-5-13)20(11-16-3-2-8-22-16)18(21)14-9-17(10-19)23-12-14/h9,12-13,15-16H,2-8,10-11,19H2,1H3. The summed E-state index contributed by atoms with van der Waals surface area (Å²) in [5.74, 6) is 1.48. The Morgan fingerprint density at radius 2 is 2.09 bits per heavy atom. The second-order valence-electron chi connectivity index (χ2n) is 7.01. The fraction of sp³-hybridized carbons (Fsp3) is 0.722. The first kappa shape index (κ1) is 16.5. The van der Waals surface area contributed by atoms with Crippen LogP contribution < -0.4 is 5.73 Å². The number of hydrogen-bond donors (Lipinski definition) is 1. The van der Waals surface area contributed by atoms with Crippen molar-refractivity contribution >= 4 is 5.91 Å². The molecule has 5 nitrogen and oxygen atoms in total. The first-order valence-electron chi connectivity index (χ1n) is 8.87. The minimum atomic E-state index is 0.0588. The SMILES string of the molecule is CC1CCC(N(CC2CCCO2)C(=O)c2coc(CN)c2)CC1. The molecule has 1 aliphatic carbocycles. The average molecular weight is 320 g/mol. The molecule has 2 fully saturated rings. The molecule has 0 radical (unpaired) electrons. The summed E-state index contributed by atoms with van der Waals surface area (Å²) in [7, 11) is 0. The van der Waals surface area contributed by atoms with Gasteiger partial charge in [-0.15, -0.1) is 0 Å². The topological polar surface area (TPSA) is 68.7 Å². The van der Waals surface area contributed by atoms with Gasteiger partial charge in [-0.2, -0.15) is 0 Å². The molecule has 2 N–H and O–H groups in total. The van der Waals surface area contributed by atoms with Crippen LogP contribution in [0.15, 0.2) is 16.7 Å². The Labute approximate surface area is 138 Å². The summed E-state index contributed by atoms with van der Waals surface area (Å²) in [5, 5.41) is 0. The monoisotopic (exact) mass is 320 g/mol. The van der Waals surface area contributed by atoms with Crippen molar-refractivity contribution in [2.75, 3.05) is 13.2 Å². The third-order valence-electron chi connectivity index (χ3n) is 5.21. The Morgan fingerprint density at radius 1 is 1.30 bits per heavy atom. The van der Waals surface area contributed by atoms with Crippen LogP contribution in [0, 0.1) is 5.92 Å². The molecular weight excluding hydrogens is 292 g/mol. The number of furan rings is 1. The van der Waals surface area contributed by atoms with E-state index in [9.17, 15) is 4.79 Å². The summed E-state index contributed by atoms with van der Waals surface area (Å²) >= 11 is 0. The van der Waals surface area contributed by atoms with Gasteiger partial charge in [0.25, 0.3) is 5.91 Å². The van der Waals surface area contributed by atoms with Crippen LogP contribution >= 0.6 is 0 Å². The van der Waals surface area contributed by atoms with Gasteiger partial charge in [0, 0.05) is 19.2 Å². The van der Waals surface area contributed by atoms with Gasteiger partial charge in [0.15, 0.2) is 0 Å². The largest absolute Gasteiger partial charge is 0.467 e. The summed E-state index contributed by atoms with van der Waals surface area (Å²) < 4.78 is 11.1. The number of amides is 1. The Hall–Kier alpha value is -1.33. The normalized spacial score (nSPS) is 28.0. The van der Waals surface area contributed by atoms with Gasteiger partial charge in [0.1, 0.15) is 12.0 Å².